The highest BCUT2D eigenvalue weighted by atomic mass is 16.2. The summed E-state index contributed by atoms with van der Waals surface area (Å²) in [4.78, 5) is 14.8. The Bertz CT molecular complexity index is 699. The molecule has 1 saturated heterocycles. The lowest BCUT2D eigenvalue weighted by Crippen LogP contribution is -2.32. The molecule has 0 aromatic carbocycles. The number of carbonyl (C=O) groups excluding carboxylic acids is 1. The summed E-state index contributed by atoms with van der Waals surface area (Å²) >= 11 is 0. The second-order valence-corrected chi connectivity index (χ2v) is 6.14. The van der Waals surface area contributed by atoms with Crippen molar-refractivity contribution < 1.29 is 4.79 Å². The third-order valence-corrected chi connectivity index (χ3v) is 4.67. The molecule has 6 nitrogen and oxygen atoms in total. The van der Waals surface area contributed by atoms with Crippen molar-refractivity contribution in [3.63, 3.8) is 0 Å². The second kappa shape index (κ2) is 5.59. The lowest BCUT2D eigenvalue weighted by atomic mass is 10.1. The Morgan fingerprint density at radius 2 is 2.14 bits per heavy atom. The molecule has 3 heterocycles. The van der Waals surface area contributed by atoms with Crippen molar-refractivity contribution >= 4 is 5.91 Å². The summed E-state index contributed by atoms with van der Waals surface area (Å²) in [5.74, 6) is 0.186. The fourth-order valence-corrected chi connectivity index (χ4v) is 3.35. The molecule has 2 aromatic rings. The number of rotatable bonds is 3. The molecule has 0 radical (unpaired) electrons. The summed E-state index contributed by atoms with van der Waals surface area (Å²) in [6.07, 6.45) is 6.38. The summed E-state index contributed by atoms with van der Waals surface area (Å²) < 4.78 is 3.65. The van der Waals surface area contributed by atoms with Crippen molar-refractivity contribution in [2.45, 2.75) is 39.2 Å². The van der Waals surface area contributed by atoms with Crippen LogP contribution in [0.2, 0.25) is 0 Å². The molecule has 0 bridgehead atoms. The van der Waals surface area contributed by atoms with Gasteiger partial charge in [-0.2, -0.15) is 10.2 Å². The third-order valence-electron chi connectivity index (χ3n) is 4.67. The number of nitrogens with zero attached hydrogens (tertiary/aromatic N) is 5. The SMILES string of the molecule is Cc1nn(C)c(C)c1CC(=O)N1CCC[C@@H]1c1cnn(C)c1. The van der Waals surface area contributed by atoms with E-state index in [-0.39, 0.29) is 11.9 Å². The summed E-state index contributed by atoms with van der Waals surface area (Å²) in [5.41, 5.74) is 4.21. The molecule has 1 aliphatic heterocycles. The Morgan fingerprint density at radius 1 is 1.36 bits per heavy atom. The molecule has 22 heavy (non-hydrogen) atoms. The zero-order valence-corrected chi connectivity index (χ0v) is 13.7. The molecule has 0 aliphatic carbocycles. The van der Waals surface area contributed by atoms with Gasteiger partial charge < -0.3 is 4.90 Å². The van der Waals surface area contributed by atoms with Gasteiger partial charge in [0.2, 0.25) is 5.91 Å². The molecule has 1 atom stereocenters. The van der Waals surface area contributed by atoms with Crippen molar-refractivity contribution in [2.75, 3.05) is 6.54 Å². The smallest absolute Gasteiger partial charge is 0.227 e. The van der Waals surface area contributed by atoms with E-state index in [2.05, 4.69) is 10.2 Å². The lowest BCUT2D eigenvalue weighted by Gasteiger charge is -2.24. The van der Waals surface area contributed by atoms with Crippen LogP contribution in [-0.2, 0) is 25.3 Å². The maximum atomic E-state index is 12.8. The van der Waals surface area contributed by atoms with E-state index in [0.29, 0.717) is 6.42 Å². The monoisotopic (exact) mass is 301 g/mol. The zero-order chi connectivity index (χ0) is 15.9. The first-order valence-electron chi connectivity index (χ1n) is 7.74. The molecule has 6 heteroatoms. The van der Waals surface area contributed by atoms with E-state index >= 15 is 0 Å². The molecule has 0 saturated carbocycles. The quantitative estimate of drug-likeness (QED) is 0.866. The molecule has 3 rings (SSSR count). The van der Waals surface area contributed by atoms with E-state index in [1.54, 1.807) is 4.68 Å². The number of aromatic nitrogens is 4. The van der Waals surface area contributed by atoms with Gasteiger partial charge in [0.05, 0.1) is 24.4 Å². The molecule has 118 valence electrons. The predicted molar refractivity (Wildman–Crippen MR) is 83.3 cm³/mol. The van der Waals surface area contributed by atoms with Crippen LogP contribution in [-0.4, -0.2) is 36.9 Å². The van der Waals surface area contributed by atoms with Crippen LogP contribution < -0.4 is 0 Å². The van der Waals surface area contributed by atoms with E-state index in [1.807, 2.05) is 49.9 Å². The first-order valence-corrected chi connectivity index (χ1v) is 7.74. The Morgan fingerprint density at radius 3 is 2.73 bits per heavy atom. The minimum Gasteiger partial charge on any atom is -0.335 e. The Balaban J connectivity index is 1.79. The molecular formula is C16H23N5O. The van der Waals surface area contributed by atoms with Crippen LogP contribution in [0.5, 0.6) is 0 Å². The number of hydrogen-bond acceptors (Lipinski definition) is 3. The molecule has 0 N–H and O–H groups in total. The molecular weight excluding hydrogens is 278 g/mol. The molecule has 2 aromatic heterocycles. The molecule has 1 fully saturated rings. The van der Waals surface area contributed by atoms with Crippen LogP contribution in [0.3, 0.4) is 0 Å². The van der Waals surface area contributed by atoms with Gasteiger partial charge in [-0.3, -0.25) is 14.2 Å². The third kappa shape index (κ3) is 2.53. The topological polar surface area (TPSA) is 56.0 Å². The molecule has 0 unspecified atom stereocenters. The number of amides is 1. The van der Waals surface area contributed by atoms with Crippen molar-refractivity contribution in [3.05, 3.63) is 34.9 Å². The van der Waals surface area contributed by atoms with Crippen molar-refractivity contribution in [2.24, 2.45) is 14.1 Å². The summed E-state index contributed by atoms with van der Waals surface area (Å²) in [7, 11) is 3.83. The number of hydrogen-bond donors (Lipinski definition) is 0. The van der Waals surface area contributed by atoms with Gasteiger partial charge >= 0.3 is 0 Å². The van der Waals surface area contributed by atoms with Gasteiger partial charge in [0.15, 0.2) is 0 Å². The molecule has 1 amide bonds. The maximum Gasteiger partial charge on any atom is 0.227 e. The fourth-order valence-electron chi connectivity index (χ4n) is 3.35. The molecule has 0 spiro atoms. The first kappa shape index (κ1) is 14.8. The minimum atomic E-state index is 0.165. The Labute approximate surface area is 130 Å². The van der Waals surface area contributed by atoms with Crippen molar-refractivity contribution in [1.29, 1.82) is 0 Å². The van der Waals surface area contributed by atoms with Crippen LogP contribution in [0.1, 0.15) is 41.4 Å². The summed E-state index contributed by atoms with van der Waals surface area (Å²) in [5, 5.41) is 8.64. The highest BCUT2D eigenvalue weighted by Crippen LogP contribution is 2.32. The van der Waals surface area contributed by atoms with Gasteiger partial charge in [-0.1, -0.05) is 0 Å². The zero-order valence-electron chi connectivity index (χ0n) is 13.7. The van der Waals surface area contributed by atoms with Gasteiger partial charge in [0, 0.05) is 43.7 Å². The van der Waals surface area contributed by atoms with Crippen LogP contribution in [0.15, 0.2) is 12.4 Å². The number of carbonyl (C=O) groups is 1. The van der Waals surface area contributed by atoms with Gasteiger partial charge in [-0.05, 0) is 26.7 Å². The van der Waals surface area contributed by atoms with E-state index in [4.69, 9.17) is 0 Å². The van der Waals surface area contributed by atoms with E-state index < -0.39 is 0 Å². The van der Waals surface area contributed by atoms with E-state index in [1.165, 1.54) is 0 Å². The highest BCUT2D eigenvalue weighted by molar-refractivity contribution is 5.80. The van der Waals surface area contributed by atoms with Crippen LogP contribution in [0.4, 0.5) is 0 Å². The van der Waals surface area contributed by atoms with Crippen LogP contribution in [0, 0.1) is 13.8 Å². The van der Waals surface area contributed by atoms with Crippen LogP contribution >= 0.6 is 0 Å². The highest BCUT2D eigenvalue weighted by Gasteiger charge is 2.31. The van der Waals surface area contributed by atoms with Gasteiger partial charge in [0.25, 0.3) is 0 Å². The van der Waals surface area contributed by atoms with Crippen molar-refractivity contribution in [3.8, 4) is 0 Å². The van der Waals surface area contributed by atoms with Gasteiger partial charge in [-0.15, -0.1) is 0 Å². The van der Waals surface area contributed by atoms with Crippen LogP contribution in [0.25, 0.3) is 0 Å². The Hall–Kier alpha value is -2.11. The fraction of sp³-hybridized carbons (Fsp3) is 0.562. The number of likely N-dealkylation sites (tertiary alicyclic amines) is 1. The average Bonchev–Trinajstić information content (AvgIpc) is 3.15. The number of aryl methyl sites for hydroxylation is 3. The predicted octanol–water partition coefficient (Wildman–Crippen LogP) is 1.68. The molecule has 1 aliphatic rings. The normalized spacial score (nSPS) is 18.2. The second-order valence-electron chi connectivity index (χ2n) is 6.14. The first-order chi connectivity index (χ1) is 10.5. The average molecular weight is 301 g/mol. The minimum absolute atomic E-state index is 0.165. The standard InChI is InChI=1S/C16H23N5O/c1-11-14(12(2)20(4)18-11)8-16(22)21-7-5-6-15(21)13-9-17-19(3)10-13/h9-10,15H,5-8H2,1-4H3/t15-/m1/s1. The van der Waals surface area contributed by atoms with Gasteiger partial charge in [0.1, 0.15) is 0 Å². The maximum absolute atomic E-state index is 12.8. The lowest BCUT2D eigenvalue weighted by molar-refractivity contribution is -0.131. The van der Waals surface area contributed by atoms with Crippen molar-refractivity contribution in [1.82, 2.24) is 24.5 Å². The summed E-state index contributed by atoms with van der Waals surface area (Å²) in [6.45, 7) is 4.82. The summed E-state index contributed by atoms with van der Waals surface area (Å²) in [6, 6.07) is 0.165. The van der Waals surface area contributed by atoms with E-state index in [0.717, 1.165) is 41.9 Å². The van der Waals surface area contributed by atoms with Gasteiger partial charge in [-0.25, -0.2) is 0 Å². The largest absolute Gasteiger partial charge is 0.335 e. The Kier molecular flexibility index (Phi) is 3.76. The van der Waals surface area contributed by atoms with E-state index in [9.17, 15) is 4.79 Å².